The Morgan fingerprint density at radius 1 is 1.13 bits per heavy atom. The first-order valence-corrected chi connectivity index (χ1v) is 5.32. The third kappa shape index (κ3) is 1.50. The fourth-order valence-corrected chi connectivity index (χ4v) is 2.10. The van der Waals surface area contributed by atoms with Gasteiger partial charge >= 0.3 is 0 Å². The Kier molecular flexibility index (Phi) is 2.24. The fourth-order valence-electron chi connectivity index (χ4n) is 1.54. The van der Waals surface area contributed by atoms with Crippen molar-refractivity contribution in [2.75, 3.05) is 0 Å². The van der Waals surface area contributed by atoms with Crippen LogP contribution in [-0.4, -0.2) is 24.8 Å². The predicted octanol–water partition coefficient (Wildman–Crippen LogP) is 0.00240. The summed E-state index contributed by atoms with van der Waals surface area (Å²) in [6, 6.07) is 0. The van der Waals surface area contributed by atoms with Crippen LogP contribution in [0, 0.1) is 0 Å². The maximum Gasteiger partial charge on any atom is 0.229 e. The van der Waals surface area contributed by atoms with E-state index in [9.17, 15) is 18.0 Å². The molecule has 0 unspecified atom stereocenters. The van der Waals surface area contributed by atoms with E-state index in [-0.39, 0.29) is 16.9 Å². The Hall–Kier alpha value is -1.75. The van der Waals surface area contributed by atoms with Gasteiger partial charge in [0, 0.05) is 17.6 Å². The Labute approximate surface area is 87.1 Å². The third-order valence-electron chi connectivity index (χ3n) is 2.24. The molecule has 2 aliphatic rings. The molecule has 0 amide bonds. The standard InChI is InChI=1S/C10H6O4S/c11-8-5-4-6-7(10(8)12)2-1-3-9(6)15(13)14/h1-4H,5H2. The molecule has 5 heteroatoms. The minimum Gasteiger partial charge on any atom is -0.290 e. The van der Waals surface area contributed by atoms with Gasteiger partial charge in [0.25, 0.3) is 0 Å². The largest absolute Gasteiger partial charge is 0.290 e. The summed E-state index contributed by atoms with van der Waals surface area (Å²) in [5.41, 5.74) is 0.517. The SMILES string of the molecule is O=C1CC=C2C(=CC=CC2=S(=O)=O)C1=O. The van der Waals surface area contributed by atoms with Crippen LogP contribution in [0.15, 0.2) is 35.5 Å². The number of Topliss-reactive ketones (excluding diaryl/α,β-unsaturated/α-hetero) is 2. The lowest BCUT2D eigenvalue weighted by atomic mass is 9.87. The van der Waals surface area contributed by atoms with E-state index in [0.29, 0.717) is 5.57 Å². The maximum atomic E-state index is 11.4. The zero-order valence-electron chi connectivity index (χ0n) is 7.56. The molecule has 0 fully saturated rings. The van der Waals surface area contributed by atoms with Crippen LogP contribution in [0.5, 0.6) is 0 Å². The van der Waals surface area contributed by atoms with Crippen LogP contribution in [0.1, 0.15) is 6.42 Å². The topological polar surface area (TPSA) is 68.3 Å². The number of carbonyl (C=O) groups excluding carboxylic acids is 2. The van der Waals surface area contributed by atoms with Crippen molar-refractivity contribution < 1.29 is 18.0 Å². The molecule has 0 saturated carbocycles. The number of carbonyl (C=O) groups is 2. The lowest BCUT2D eigenvalue weighted by molar-refractivity contribution is -0.134. The van der Waals surface area contributed by atoms with Gasteiger partial charge in [-0.3, -0.25) is 9.59 Å². The van der Waals surface area contributed by atoms with Crippen molar-refractivity contribution in [3.8, 4) is 0 Å². The summed E-state index contributed by atoms with van der Waals surface area (Å²) in [5.74, 6) is -1.11. The quantitative estimate of drug-likeness (QED) is 0.427. The first-order valence-electron chi connectivity index (χ1n) is 4.24. The lowest BCUT2D eigenvalue weighted by Crippen LogP contribution is -2.25. The van der Waals surface area contributed by atoms with E-state index in [1.165, 1.54) is 24.3 Å². The van der Waals surface area contributed by atoms with Gasteiger partial charge in [-0.15, -0.1) is 0 Å². The van der Waals surface area contributed by atoms with Gasteiger partial charge in [0.15, 0.2) is 0 Å². The normalized spacial score (nSPS) is 19.6. The number of fused-ring (bicyclic) bond motifs is 1. The number of hydrogen-bond acceptors (Lipinski definition) is 4. The van der Waals surface area contributed by atoms with Crippen molar-refractivity contribution in [2.45, 2.75) is 6.42 Å². The second-order valence-electron chi connectivity index (χ2n) is 3.11. The summed E-state index contributed by atoms with van der Waals surface area (Å²) in [5, 5.41) is 0. The molecule has 0 atom stereocenters. The number of allylic oxidation sites excluding steroid dienone is 6. The summed E-state index contributed by atoms with van der Waals surface area (Å²) in [4.78, 5) is 22.6. The highest BCUT2D eigenvalue weighted by Crippen LogP contribution is 2.23. The molecular formula is C10H6O4S. The van der Waals surface area contributed by atoms with Crippen LogP contribution >= 0.6 is 0 Å². The molecule has 15 heavy (non-hydrogen) atoms. The highest BCUT2D eigenvalue weighted by atomic mass is 32.2. The highest BCUT2D eigenvalue weighted by molar-refractivity contribution is 7.73. The van der Waals surface area contributed by atoms with E-state index in [0.717, 1.165) is 0 Å². The zero-order chi connectivity index (χ0) is 11.0. The molecule has 0 N–H and O–H groups in total. The highest BCUT2D eigenvalue weighted by Gasteiger charge is 2.29. The molecule has 0 saturated heterocycles. The molecule has 0 bridgehead atoms. The molecule has 0 aromatic rings. The van der Waals surface area contributed by atoms with E-state index in [1.807, 2.05) is 0 Å². The summed E-state index contributed by atoms with van der Waals surface area (Å²) in [7, 11) is -2.39. The average Bonchev–Trinajstić information content (AvgIpc) is 2.23. The Morgan fingerprint density at radius 2 is 1.87 bits per heavy atom. The number of hydrogen-bond donors (Lipinski definition) is 0. The fraction of sp³-hybridized carbons (Fsp3) is 0.100. The van der Waals surface area contributed by atoms with Crippen LogP contribution in [0.3, 0.4) is 0 Å². The average molecular weight is 222 g/mol. The van der Waals surface area contributed by atoms with Crippen LogP contribution in [0.2, 0.25) is 0 Å². The van der Waals surface area contributed by atoms with Crippen molar-refractivity contribution >= 4 is 26.7 Å². The van der Waals surface area contributed by atoms with Crippen LogP contribution < -0.4 is 0 Å². The van der Waals surface area contributed by atoms with E-state index in [4.69, 9.17) is 0 Å². The molecule has 4 nitrogen and oxygen atoms in total. The number of rotatable bonds is 0. The molecule has 2 aliphatic carbocycles. The van der Waals surface area contributed by atoms with Crippen LogP contribution in [0.4, 0.5) is 0 Å². The van der Waals surface area contributed by atoms with E-state index < -0.39 is 21.9 Å². The van der Waals surface area contributed by atoms with Crippen molar-refractivity contribution in [1.82, 2.24) is 0 Å². The van der Waals surface area contributed by atoms with Gasteiger partial charge in [0.1, 0.15) is 4.86 Å². The van der Waals surface area contributed by atoms with Gasteiger partial charge < -0.3 is 0 Å². The van der Waals surface area contributed by atoms with Crippen molar-refractivity contribution in [3.05, 3.63) is 35.5 Å². The second kappa shape index (κ2) is 3.43. The van der Waals surface area contributed by atoms with E-state index >= 15 is 0 Å². The van der Waals surface area contributed by atoms with Gasteiger partial charge in [-0.05, 0) is 6.08 Å². The summed E-state index contributed by atoms with van der Waals surface area (Å²) >= 11 is 0. The number of ketones is 2. The molecule has 0 aliphatic heterocycles. The van der Waals surface area contributed by atoms with Crippen molar-refractivity contribution in [2.24, 2.45) is 0 Å². The van der Waals surface area contributed by atoms with Crippen LogP contribution in [0.25, 0.3) is 0 Å². The molecule has 0 aromatic carbocycles. The van der Waals surface area contributed by atoms with E-state index in [1.54, 1.807) is 0 Å². The Balaban J connectivity index is 2.69. The smallest absolute Gasteiger partial charge is 0.229 e. The lowest BCUT2D eigenvalue weighted by Gasteiger charge is -2.15. The zero-order valence-corrected chi connectivity index (χ0v) is 8.37. The Bertz CT molecular complexity index is 577. The van der Waals surface area contributed by atoms with E-state index in [2.05, 4.69) is 0 Å². The van der Waals surface area contributed by atoms with Gasteiger partial charge in [0.2, 0.25) is 21.9 Å². The molecule has 76 valence electrons. The first kappa shape index (κ1) is 9.79. The third-order valence-corrected chi connectivity index (χ3v) is 2.95. The maximum absolute atomic E-state index is 11.4. The molecule has 0 spiro atoms. The Morgan fingerprint density at radius 3 is 2.53 bits per heavy atom. The summed E-state index contributed by atoms with van der Waals surface area (Å²) in [6.45, 7) is 0. The molecule has 0 heterocycles. The predicted molar refractivity (Wildman–Crippen MR) is 53.9 cm³/mol. The van der Waals surface area contributed by atoms with Gasteiger partial charge in [0.05, 0.1) is 0 Å². The minimum absolute atomic E-state index is 0.0277. The molecule has 2 rings (SSSR count). The van der Waals surface area contributed by atoms with Gasteiger partial charge in [-0.1, -0.05) is 18.2 Å². The minimum atomic E-state index is -2.39. The summed E-state index contributed by atoms with van der Waals surface area (Å²) in [6.07, 6.45) is 5.77. The van der Waals surface area contributed by atoms with Gasteiger partial charge in [-0.25, -0.2) is 0 Å². The molecule has 0 aromatic heterocycles. The monoisotopic (exact) mass is 222 g/mol. The van der Waals surface area contributed by atoms with Crippen molar-refractivity contribution in [1.29, 1.82) is 0 Å². The molecular weight excluding hydrogens is 216 g/mol. The summed E-state index contributed by atoms with van der Waals surface area (Å²) < 4.78 is 21.7. The van der Waals surface area contributed by atoms with Crippen molar-refractivity contribution in [3.63, 3.8) is 0 Å². The van der Waals surface area contributed by atoms with Crippen LogP contribution in [-0.2, 0) is 19.9 Å². The molecule has 0 radical (unpaired) electrons. The second-order valence-corrected chi connectivity index (χ2v) is 4.02. The van der Waals surface area contributed by atoms with Gasteiger partial charge in [-0.2, -0.15) is 8.42 Å². The first-order chi connectivity index (χ1) is 7.11.